The molecule has 0 aliphatic carbocycles. The van der Waals surface area contributed by atoms with Crippen molar-refractivity contribution in [1.29, 1.82) is 0 Å². The minimum atomic E-state index is -0.951. The molecule has 5 heteroatoms. The van der Waals surface area contributed by atoms with Gasteiger partial charge in [-0.1, -0.05) is 42.5 Å². The third-order valence-corrected chi connectivity index (χ3v) is 4.77. The maximum Gasteiger partial charge on any atom is 0.247 e. The summed E-state index contributed by atoms with van der Waals surface area (Å²) in [6, 6.07) is 17.2. The number of hydrogen-bond donors (Lipinski definition) is 2. The molecule has 0 aliphatic heterocycles. The lowest BCUT2D eigenvalue weighted by atomic mass is 10.1. The van der Waals surface area contributed by atoms with Gasteiger partial charge in [-0.2, -0.15) is 0 Å². The molecule has 116 valence electrons. The molecule has 2 aromatic rings. The van der Waals surface area contributed by atoms with Gasteiger partial charge in [-0.05, 0) is 47.3 Å². The summed E-state index contributed by atoms with van der Waals surface area (Å²) < 4.78 is 12.1. The van der Waals surface area contributed by atoms with E-state index in [0.717, 1.165) is 28.9 Å². The van der Waals surface area contributed by atoms with Crippen LogP contribution in [0.15, 0.2) is 59.5 Å². The van der Waals surface area contributed by atoms with Crippen LogP contribution in [0.2, 0.25) is 0 Å². The number of nitrogens with one attached hydrogen (secondary N) is 1. The lowest BCUT2D eigenvalue weighted by Gasteiger charge is -2.10. The molecule has 4 nitrogen and oxygen atoms in total. The molecule has 1 amide bonds. The van der Waals surface area contributed by atoms with E-state index in [1.807, 2.05) is 54.6 Å². The monoisotopic (exact) mass is 317 g/mol. The van der Waals surface area contributed by atoms with Crippen LogP contribution in [-0.4, -0.2) is 21.4 Å². The summed E-state index contributed by atoms with van der Waals surface area (Å²) in [6.45, 7) is 0. The van der Waals surface area contributed by atoms with Crippen LogP contribution in [0, 0.1) is 0 Å². The number of hydroxylamine groups is 1. The summed E-state index contributed by atoms with van der Waals surface area (Å²) in [4.78, 5) is 11.9. The maximum atomic E-state index is 12.1. The Hall–Kier alpha value is -1.82. The Labute approximate surface area is 133 Å². The first-order valence-electron chi connectivity index (χ1n) is 7.13. The van der Waals surface area contributed by atoms with Crippen molar-refractivity contribution in [2.75, 3.05) is 5.75 Å². The third kappa shape index (κ3) is 5.18. The zero-order valence-corrected chi connectivity index (χ0v) is 13.0. The van der Waals surface area contributed by atoms with Crippen molar-refractivity contribution in [3.8, 4) is 0 Å². The molecular formula is C17H19NO3S. The standard InChI is InChI=1S/C17H19NO3S/c19-17(18-20)13-15-10-8-14(9-11-15)5-4-12-22(21)16-6-2-1-3-7-16/h1-3,6-11,20H,4-5,12-13H2,(H,18,19). The first kappa shape index (κ1) is 16.5. The average molecular weight is 317 g/mol. The second-order valence-corrected chi connectivity index (χ2v) is 6.57. The van der Waals surface area contributed by atoms with Gasteiger partial charge in [0.15, 0.2) is 4.90 Å². The van der Waals surface area contributed by atoms with E-state index in [0.29, 0.717) is 5.75 Å². The molecule has 2 aromatic carbocycles. The van der Waals surface area contributed by atoms with Crippen molar-refractivity contribution < 1.29 is 14.6 Å². The Morgan fingerprint density at radius 1 is 1.05 bits per heavy atom. The van der Waals surface area contributed by atoms with Gasteiger partial charge in [0, 0.05) is 0 Å². The van der Waals surface area contributed by atoms with Crippen LogP contribution in [0.25, 0.3) is 0 Å². The highest BCUT2D eigenvalue weighted by Gasteiger charge is 2.09. The van der Waals surface area contributed by atoms with E-state index >= 15 is 0 Å². The fraction of sp³-hybridized carbons (Fsp3) is 0.235. The SMILES string of the molecule is O=C(Cc1ccc(CCC[S+]([O-])c2ccccc2)cc1)NO. The molecule has 0 saturated heterocycles. The molecule has 0 radical (unpaired) electrons. The number of carbonyl (C=O) groups excluding carboxylic acids is 1. The van der Waals surface area contributed by atoms with E-state index in [-0.39, 0.29) is 6.42 Å². The smallest absolute Gasteiger partial charge is 0.247 e. The molecule has 1 unspecified atom stereocenters. The summed E-state index contributed by atoms with van der Waals surface area (Å²) in [5, 5.41) is 8.48. The molecule has 0 aromatic heterocycles. The van der Waals surface area contributed by atoms with Crippen LogP contribution < -0.4 is 5.48 Å². The van der Waals surface area contributed by atoms with Crippen molar-refractivity contribution in [3.05, 3.63) is 65.7 Å². The summed E-state index contributed by atoms with van der Waals surface area (Å²) in [5.41, 5.74) is 3.62. The molecule has 1 atom stereocenters. The van der Waals surface area contributed by atoms with Crippen LogP contribution in [0.3, 0.4) is 0 Å². The van der Waals surface area contributed by atoms with Crippen LogP contribution in [-0.2, 0) is 28.8 Å². The van der Waals surface area contributed by atoms with Crippen molar-refractivity contribution in [2.45, 2.75) is 24.2 Å². The number of rotatable bonds is 7. The molecule has 0 spiro atoms. The van der Waals surface area contributed by atoms with E-state index < -0.39 is 17.1 Å². The lowest BCUT2D eigenvalue weighted by molar-refractivity contribution is -0.128. The number of amides is 1. The zero-order chi connectivity index (χ0) is 15.8. The van der Waals surface area contributed by atoms with Crippen LogP contribution in [0.4, 0.5) is 0 Å². The number of benzene rings is 2. The van der Waals surface area contributed by atoms with Crippen molar-refractivity contribution >= 4 is 17.1 Å². The Kier molecular flexibility index (Phi) is 6.45. The van der Waals surface area contributed by atoms with Crippen LogP contribution >= 0.6 is 0 Å². The Bertz CT molecular complexity index is 587. The first-order valence-corrected chi connectivity index (χ1v) is 8.45. The topological polar surface area (TPSA) is 72.4 Å². The van der Waals surface area contributed by atoms with Gasteiger partial charge in [-0.3, -0.25) is 10.0 Å². The normalized spacial score (nSPS) is 11.9. The van der Waals surface area contributed by atoms with Gasteiger partial charge >= 0.3 is 0 Å². The Morgan fingerprint density at radius 2 is 1.68 bits per heavy atom. The second-order valence-electron chi connectivity index (χ2n) is 4.99. The Morgan fingerprint density at radius 3 is 2.32 bits per heavy atom. The molecule has 0 fully saturated rings. The second kappa shape index (κ2) is 8.58. The summed E-state index contributed by atoms with van der Waals surface area (Å²) in [5.74, 6) is 0.213. The van der Waals surface area contributed by atoms with Crippen LogP contribution in [0.1, 0.15) is 17.5 Å². The van der Waals surface area contributed by atoms with Crippen LogP contribution in [0.5, 0.6) is 0 Å². The molecular weight excluding hydrogens is 298 g/mol. The lowest BCUT2D eigenvalue weighted by Crippen LogP contribution is -2.20. The third-order valence-electron chi connectivity index (χ3n) is 3.31. The molecule has 0 heterocycles. The molecule has 22 heavy (non-hydrogen) atoms. The fourth-order valence-corrected chi connectivity index (χ4v) is 3.25. The number of hydrogen-bond acceptors (Lipinski definition) is 3. The van der Waals surface area contributed by atoms with Gasteiger partial charge in [0.1, 0.15) is 5.75 Å². The van der Waals surface area contributed by atoms with Gasteiger partial charge in [-0.25, -0.2) is 5.48 Å². The zero-order valence-electron chi connectivity index (χ0n) is 12.2. The molecule has 0 saturated carbocycles. The van der Waals surface area contributed by atoms with Crippen molar-refractivity contribution in [2.24, 2.45) is 0 Å². The molecule has 2 N–H and O–H groups in total. The minimum absolute atomic E-state index is 0.162. The van der Waals surface area contributed by atoms with Gasteiger partial charge in [0.05, 0.1) is 6.42 Å². The predicted octanol–water partition coefficient (Wildman–Crippen LogP) is 2.47. The van der Waals surface area contributed by atoms with E-state index in [2.05, 4.69) is 0 Å². The molecule has 0 bridgehead atoms. The number of aryl methyl sites for hydroxylation is 1. The highest BCUT2D eigenvalue weighted by Crippen LogP contribution is 2.13. The number of carbonyl (C=O) groups is 1. The highest BCUT2D eigenvalue weighted by molar-refractivity contribution is 7.91. The van der Waals surface area contributed by atoms with Gasteiger partial charge in [-0.15, -0.1) is 0 Å². The molecule has 2 rings (SSSR count). The fourth-order valence-electron chi connectivity index (χ4n) is 2.15. The minimum Gasteiger partial charge on any atom is -0.611 e. The van der Waals surface area contributed by atoms with Crippen molar-refractivity contribution in [3.63, 3.8) is 0 Å². The van der Waals surface area contributed by atoms with Crippen molar-refractivity contribution in [1.82, 2.24) is 5.48 Å². The van der Waals surface area contributed by atoms with E-state index in [1.54, 1.807) is 5.48 Å². The summed E-state index contributed by atoms with van der Waals surface area (Å²) in [7, 11) is 0. The van der Waals surface area contributed by atoms with E-state index in [9.17, 15) is 9.35 Å². The highest BCUT2D eigenvalue weighted by atomic mass is 32.2. The van der Waals surface area contributed by atoms with E-state index in [4.69, 9.17) is 5.21 Å². The largest absolute Gasteiger partial charge is 0.611 e. The Balaban J connectivity index is 1.78. The predicted molar refractivity (Wildman–Crippen MR) is 86.1 cm³/mol. The first-order chi connectivity index (χ1) is 10.7. The quantitative estimate of drug-likeness (QED) is 0.468. The van der Waals surface area contributed by atoms with Gasteiger partial charge < -0.3 is 4.55 Å². The van der Waals surface area contributed by atoms with E-state index in [1.165, 1.54) is 0 Å². The molecule has 0 aliphatic rings. The summed E-state index contributed by atoms with van der Waals surface area (Å²) in [6.07, 6.45) is 1.86. The maximum absolute atomic E-state index is 12.1. The van der Waals surface area contributed by atoms with Gasteiger partial charge in [0.25, 0.3) is 0 Å². The summed E-state index contributed by atoms with van der Waals surface area (Å²) >= 11 is -0.951. The average Bonchev–Trinajstić information content (AvgIpc) is 2.57. The van der Waals surface area contributed by atoms with Gasteiger partial charge in [0.2, 0.25) is 5.91 Å².